The predicted octanol–water partition coefficient (Wildman–Crippen LogP) is 2.75. The van der Waals surface area contributed by atoms with Crippen LogP contribution in [0, 0.1) is 0 Å². The molecule has 2 aromatic rings. The highest BCUT2D eigenvalue weighted by molar-refractivity contribution is 5.76. The number of hydrogen-bond donors (Lipinski definition) is 2. The van der Waals surface area contributed by atoms with E-state index < -0.39 is 11.9 Å². The molecule has 4 nitrogen and oxygen atoms in total. The Balaban J connectivity index is 2.20. The van der Waals surface area contributed by atoms with Gasteiger partial charge in [-0.3, -0.25) is 4.79 Å². The average molecular weight is 284 g/mol. The lowest BCUT2D eigenvalue weighted by molar-refractivity contribution is -0.138. The molecule has 2 rings (SSSR count). The first-order valence-electron chi connectivity index (χ1n) is 6.82. The molecule has 0 radical (unpaired) electrons. The second-order valence-electron chi connectivity index (χ2n) is 5.32. The minimum absolute atomic E-state index is 0.465. The number of carbonyl (C=O) groups is 1. The van der Waals surface area contributed by atoms with Gasteiger partial charge in [-0.1, -0.05) is 24.3 Å². The van der Waals surface area contributed by atoms with Crippen LogP contribution < -0.4 is 10.6 Å². The molecular weight excluding hydrogens is 264 g/mol. The largest absolute Gasteiger partial charge is 0.481 e. The third kappa shape index (κ3) is 3.75. The van der Waals surface area contributed by atoms with Gasteiger partial charge >= 0.3 is 5.97 Å². The van der Waals surface area contributed by atoms with Crippen LogP contribution in [0.1, 0.15) is 17.0 Å². The number of nitrogens with zero attached hydrogens (tertiary/aromatic N) is 1. The molecule has 2 aromatic carbocycles. The van der Waals surface area contributed by atoms with Crippen molar-refractivity contribution in [1.82, 2.24) is 0 Å². The molecule has 1 atom stereocenters. The van der Waals surface area contributed by atoms with Crippen molar-refractivity contribution in [3.63, 3.8) is 0 Å². The summed E-state index contributed by atoms with van der Waals surface area (Å²) in [5, 5.41) is 9.46. The van der Waals surface area contributed by atoms with Crippen LogP contribution in [0.3, 0.4) is 0 Å². The van der Waals surface area contributed by atoms with Gasteiger partial charge in [-0.25, -0.2) is 0 Å². The van der Waals surface area contributed by atoms with Crippen LogP contribution in [-0.2, 0) is 11.2 Å². The molecule has 0 amide bonds. The first-order chi connectivity index (χ1) is 9.97. The molecule has 0 aliphatic heterocycles. The Morgan fingerprint density at radius 3 is 2.14 bits per heavy atom. The highest BCUT2D eigenvalue weighted by atomic mass is 16.4. The normalized spacial score (nSPS) is 11.9. The standard InChI is InChI=1S/C17H20N2O2/c1-19(2)15-9-3-12(4-10-15)11-16(17(20)21)13-5-7-14(18)8-6-13/h3-10,16H,11,18H2,1-2H3,(H,20,21). The molecule has 1 unspecified atom stereocenters. The number of benzene rings is 2. The van der Waals surface area contributed by atoms with Gasteiger partial charge in [0.25, 0.3) is 0 Å². The Labute approximate surface area is 124 Å². The van der Waals surface area contributed by atoms with Crippen LogP contribution in [0.2, 0.25) is 0 Å². The van der Waals surface area contributed by atoms with Crippen LogP contribution in [-0.4, -0.2) is 25.2 Å². The van der Waals surface area contributed by atoms with Gasteiger partial charge in [0, 0.05) is 25.5 Å². The zero-order valence-corrected chi connectivity index (χ0v) is 12.3. The lowest BCUT2D eigenvalue weighted by Crippen LogP contribution is -2.14. The maximum atomic E-state index is 11.5. The minimum atomic E-state index is -0.823. The van der Waals surface area contributed by atoms with Crippen LogP contribution in [0.5, 0.6) is 0 Å². The molecule has 0 bridgehead atoms. The molecule has 21 heavy (non-hydrogen) atoms. The fourth-order valence-electron chi connectivity index (χ4n) is 2.24. The van der Waals surface area contributed by atoms with E-state index in [0.29, 0.717) is 12.1 Å². The lowest BCUT2D eigenvalue weighted by Gasteiger charge is -2.15. The maximum Gasteiger partial charge on any atom is 0.311 e. The summed E-state index contributed by atoms with van der Waals surface area (Å²) < 4.78 is 0. The van der Waals surface area contributed by atoms with E-state index in [4.69, 9.17) is 5.73 Å². The van der Waals surface area contributed by atoms with E-state index >= 15 is 0 Å². The number of anilines is 2. The van der Waals surface area contributed by atoms with Crippen molar-refractivity contribution in [3.05, 3.63) is 59.7 Å². The Morgan fingerprint density at radius 2 is 1.67 bits per heavy atom. The highest BCUT2D eigenvalue weighted by Gasteiger charge is 2.20. The molecular formula is C17H20N2O2. The SMILES string of the molecule is CN(C)c1ccc(CC(C(=O)O)c2ccc(N)cc2)cc1. The fourth-order valence-corrected chi connectivity index (χ4v) is 2.24. The second kappa shape index (κ2) is 6.31. The summed E-state index contributed by atoms with van der Waals surface area (Å²) in [4.78, 5) is 13.5. The number of hydrogen-bond acceptors (Lipinski definition) is 3. The van der Waals surface area contributed by atoms with Gasteiger partial charge in [-0.2, -0.15) is 0 Å². The van der Waals surface area contributed by atoms with E-state index in [-0.39, 0.29) is 0 Å². The number of aliphatic carboxylic acids is 1. The molecule has 110 valence electrons. The van der Waals surface area contributed by atoms with Crippen molar-refractivity contribution < 1.29 is 9.90 Å². The zero-order valence-electron chi connectivity index (χ0n) is 12.3. The summed E-state index contributed by atoms with van der Waals surface area (Å²) in [6.45, 7) is 0. The summed E-state index contributed by atoms with van der Waals surface area (Å²) in [6.07, 6.45) is 0.465. The van der Waals surface area contributed by atoms with Gasteiger partial charge in [0.2, 0.25) is 0 Å². The monoisotopic (exact) mass is 284 g/mol. The van der Waals surface area contributed by atoms with Gasteiger partial charge < -0.3 is 15.7 Å². The number of nitrogens with two attached hydrogens (primary N) is 1. The smallest absolute Gasteiger partial charge is 0.311 e. The lowest BCUT2D eigenvalue weighted by atomic mass is 9.92. The van der Waals surface area contributed by atoms with E-state index in [1.165, 1.54) is 0 Å². The van der Waals surface area contributed by atoms with Crippen molar-refractivity contribution in [2.24, 2.45) is 0 Å². The molecule has 0 heterocycles. The van der Waals surface area contributed by atoms with Crippen LogP contribution >= 0.6 is 0 Å². The van der Waals surface area contributed by atoms with Gasteiger partial charge in [0.05, 0.1) is 5.92 Å². The van der Waals surface area contributed by atoms with Crippen molar-refractivity contribution in [2.45, 2.75) is 12.3 Å². The van der Waals surface area contributed by atoms with Crippen LogP contribution in [0.4, 0.5) is 11.4 Å². The molecule has 0 aliphatic rings. The Morgan fingerprint density at radius 1 is 1.10 bits per heavy atom. The third-order valence-corrected chi connectivity index (χ3v) is 3.53. The molecule has 0 saturated heterocycles. The summed E-state index contributed by atoms with van der Waals surface area (Å²) in [7, 11) is 3.95. The number of carboxylic acids is 1. The van der Waals surface area contributed by atoms with Crippen molar-refractivity contribution in [1.29, 1.82) is 0 Å². The molecule has 4 heteroatoms. The highest BCUT2D eigenvalue weighted by Crippen LogP contribution is 2.23. The Bertz CT molecular complexity index is 604. The first-order valence-corrected chi connectivity index (χ1v) is 6.82. The van der Waals surface area contributed by atoms with Crippen LogP contribution in [0.15, 0.2) is 48.5 Å². The van der Waals surface area contributed by atoms with Gasteiger partial charge in [-0.05, 0) is 41.8 Å². The van der Waals surface area contributed by atoms with E-state index in [1.807, 2.05) is 43.3 Å². The minimum Gasteiger partial charge on any atom is -0.481 e. The van der Waals surface area contributed by atoms with E-state index in [0.717, 1.165) is 16.8 Å². The quantitative estimate of drug-likeness (QED) is 0.829. The fraction of sp³-hybridized carbons (Fsp3) is 0.235. The maximum absolute atomic E-state index is 11.5. The van der Waals surface area contributed by atoms with Crippen molar-refractivity contribution >= 4 is 17.3 Å². The van der Waals surface area contributed by atoms with Crippen molar-refractivity contribution in [2.75, 3.05) is 24.7 Å². The summed E-state index contributed by atoms with van der Waals surface area (Å²) in [5.74, 6) is -1.38. The van der Waals surface area contributed by atoms with Crippen LogP contribution in [0.25, 0.3) is 0 Å². The molecule has 0 spiro atoms. The topological polar surface area (TPSA) is 66.6 Å². The summed E-state index contributed by atoms with van der Waals surface area (Å²) in [6, 6.07) is 15.0. The molecule has 0 saturated carbocycles. The van der Waals surface area contributed by atoms with Gasteiger partial charge in [-0.15, -0.1) is 0 Å². The van der Waals surface area contributed by atoms with E-state index in [9.17, 15) is 9.90 Å². The molecule has 0 aromatic heterocycles. The van der Waals surface area contributed by atoms with Gasteiger partial charge in [0.1, 0.15) is 0 Å². The predicted molar refractivity (Wildman–Crippen MR) is 85.7 cm³/mol. The first kappa shape index (κ1) is 14.9. The average Bonchev–Trinajstić information content (AvgIpc) is 2.46. The van der Waals surface area contributed by atoms with E-state index in [1.54, 1.807) is 24.3 Å². The Kier molecular flexibility index (Phi) is 4.48. The molecule has 0 fully saturated rings. The molecule has 3 N–H and O–H groups in total. The number of nitrogen functional groups attached to an aromatic ring is 1. The number of rotatable bonds is 5. The van der Waals surface area contributed by atoms with Crippen molar-refractivity contribution in [3.8, 4) is 0 Å². The number of carboxylic acid groups (broad SMARTS) is 1. The second-order valence-corrected chi connectivity index (χ2v) is 5.32. The van der Waals surface area contributed by atoms with Gasteiger partial charge in [0.15, 0.2) is 0 Å². The molecule has 0 aliphatic carbocycles. The Hall–Kier alpha value is -2.49. The summed E-state index contributed by atoms with van der Waals surface area (Å²) >= 11 is 0. The summed E-state index contributed by atoms with van der Waals surface area (Å²) in [5.41, 5.74) is 9.16. The van der Waals surface area contributed by atoms with E-state index in [2.05, 4.69) is 0 Å². The zero-order chi connectivity index (χ0) is 15.4. The third-order valence-electron chi connectivity index (χ3n) is 3.53.